The molecule has 1 heterocycles. The van der Waals surface area contributed by atoms with E-state index in [1.54, 1.807) is 23.1 Å². The van der Waals surface area contributed by atoms with Gasteiger partial charge >= 0.3 is 0 Å². The summed E-state index contributed by atoms with van der Waals surface area (Å²) in [7, 11) is -3.58. The second-order valence-corrected chi connectivity index (χ2v) is 7.50. The van der Waals surface area contributed by atoms with Crippen molar-refractivity contribution in [2.24, 2.45) is 11.1 Å². The quantitative estimate of drug-likeness (QED) is 0.752. The minimum Gasteiger partial charge on any atom is -0.311 e. The lowest BCUT2D eigenvalue weighted by Crippen LogP contribution is -2.28. The van der Waals surface area contributed by atoms with Gasteiger partial charge in [-0.3, -0.25) is 4.79 Å². The molecular formula is C12H12IN3O3S. The maximum atomic E-state index is 12.0. The molecule has 0 aromatic heterocycles. The fourth-order valence-electron chi connectivity index (χ4n) is 2.25. The summed E-state index contributed by atoms with van der Waals surface area (Å²) in [5.41, 5.74) is 1.22. The van der Waals surface area contributed by atoms with Crippen molar-refractivity contribution in [1.82, 2.24) is 0 Å². The summed E-state index contributed by atoms with van der Waals surface area (Å²) in [5, 5.41) is 13.8. The van der Waals surface area contributed by atoms with Crippen LogP contribution in [-0.4, -0.2) is 26.6 Å². The molecule has 1 aliphatic heterocycles. The highest BCUT2D eigenvalue weighted by atomic mass is 127. The van der Waals surface area contributed by atoms with Crippen molar-refractivity contribution in [1.29, 1.82) is 5.26 Å². The predicted molar refractivity (Wildman–Crippen MR) is 82.3 cm³/mol. The van der Waals surface area contributed by atoms with Gasteiger partial charge in [0.25, 0.3) is 0 Å². The first-order chi connectivity index (χ1) is 9.30. The molecule has 1 aliphatic rings. The Labute approximate surface area is 130 Å². The van der Waals surface area contributed by atoms with Crippen LogP contribution in [0, 0.1) is 20.8 Å². The zero-order valence-electron chi connectivity index (χ0n) is 10.4. The molecule has 1 aromatic rings. The van der Waals surface area contributed by atoms with Gasteiger partial charge in [0.05, 0.1) is 23.1 Å². The van der Waals surface area contributed by atoms with Crippen LogP contribution in [0.25, 0.3) is 0 Å². The van der Waals surface area contributed by atoms with Gasteiger partial charge in [-0.1, -0.05) is 0 Å². The Balaban J connectivity index is 2.22. The number of rotatable bonds is 3. The number of halogens is 1. The molecule has 1 saturated heterocycles. The normalized spacial score (nSPS) is 19.1. The molecule has 8 heteroatoms. The molecule has 0 spiro atoms. The number of benzene rings is 1. The first-order valence-electron chi connectivity index (χ1n) is 5.80. The topological polar surface area (TPSA) is 104 Å². The Morgan fingerprint density at radius 2 is 2.20 bits per heavy atom. The highest BCUT2D eigenvalue weighted by Crippen LogP contribution is 2.30. The number of nitriles is 1. The molecule has 6 nitrogen and oxygen atoms in total. The fraction of sp³-hybridized carbons (Fsp3) is 0.333. The van der Waals surface area contributed by atoms with Crippen molar-refractivity contribution in [2.75, 3.05) is 17.2 Å². The number of amides is 1. The molecule has 0 bridgehead atoms. The van der Waals surface area contributed by atoms with Crippen molar-refractivity contribution in [2.45, 2.75) is 6.42 Å². The number of nitrogens with two attached hydrogens (primary N) is 1. The summed E-state index contributed by atoms with van der Waals surface area (Å²) < 4.78 is 23.0. The molecule has 0 radical (unpaired) electrons. The van der Waals surface area contributed by atoms with Crippen LogP contribution in [0.5, 0.6) is 0 Å². The number of sulfonamides is 1. The van der Waals surface area contributed by atoms with Gasteiger partial charge in [0, 0.05) is 22.5 Å². The summed E-state index contributed by atoms with van der Waals surface area (Å²) >= 11 is 2.06. The van der Waals surface area contributed by atoms with E-state index >= 15 is 0 Å². The van der Waals surface area contributed by atoms with Crippen molar-refractivity contribution >= 4 is 44.2 Å². The van der Waals surface area contributed by atoms with Crippen molar-refractivity contribution < 1.29 is 13.2 Å². The molecule has 20 heavy (non-hydrogen) atoms. The molecular weight excluding hydrogens is 393 g/mol. The van der Waals surface area contributed by atoms with E-state index in [1.165, 1.54) is 0 Å². The number of carbonyl (C=O) groups excluding carboxylic acids is 1. The molecule has 106 valence electrons. The van der Waals surface area contributed by atoms with Crippen LogP contribution in [0.3, 0.4) is 0 Å². The third-order valence-corrected chi connectivity index (χ3v) is 4.84. The summed E-state index contributed by atoms with van der Waals surface area (Å²) in [5.74, 6) is -0.604. The average molecular weight is 405 g/mol. The van der Waals surface area contributed by atoms with Gasteiger partial charge in [0.1, 0.15) is 0 Å². The minimum atomic E-state index is -3.58. The minimum absolute atomic E-state index is 0.124. The summed E-state index contributed by atoms with van der Waals surface area (Å²) in [6.07, 6.45) is 0.173. The second kappa shape index (κ2) is 5.67. The molecule has 1 fully saturated rings. The van der Waals surface area contributed by atoms with Crippen molar-refractivity contribution in [3.63, 3.8) is 0 Å². The van der Waals surface area contributed by atoms with E-state index in [0.717, 1.165) is 3.57 Å². The molecule has 2 rings (SSSR count). The van der Waals surface area contributed by atoms with Crippen LogP contribution >= 0.6 is 22.6 Å². The third kappa shape index (κ3) is 3.47. The lowest BCUT2D eigenvalue weighted by molar-refractivity contribution is -0.117. The Morgan fingerprint density at radius 3 is 2.75 bits per heavy atom. The number of hydrogen-bond acceptors (Lipinski definition) is 4. The molecule has 2 N–H and O–H groups in total. The largest absolute Gasteiger partial charge is 0.311 e. The van der Waals surface area contributed by atoms with Crippen LogP contribution in [0.1, 0.15) is 12.0 Å². The van der Waals surface area contributed by atoms with Crippen LogP contribution in [0.2, 0.25) is 0 Å². The zero-order valence-corrected chi connectivity index (χ0v) is 13.4. The molecule has 1 atom stereocenters. The van der Waals surface area contributed by atoms with Crippen LogP contribution < -0.4 is 10.0 Å². The first-order valence-corrected chi connectivity index (χ1v) is 8.60. The summed E-state index contributed by atoms with van der Waals surface area (Å²) in [6.45, 7) is 0.331. The molecule has 0 aliphatic carbocycles. The van der Waals surface area contributed by atoms with Crippen LogP contribution in [-0.2, 0) is 14.8 Å². The van der Waals surface area contributed by atoms with E-state index in [0.29, 0.717) is 17.8 Å². The number of nitrogens with zero attached hydrogens (tertiary/aromatic N) is 2. The third-order valence-electron chi connectivity index (χ3n) is 3.04. The zero-order chi connectivity index (χ0) is 14.9. The number of carbonyl (C=O) groups is 1. The van der Waals surface area contributed by atoms with Crippen molar-refractivity contribution in [3.8, 4) is 6.07 Å². The van der Waals surface area contributed by atoms with E-state index in [9.17, 15) is 13.2 Å². The highest BCUT2D eigenvalue weighted by Gasteiger charge is 2.33. The molecule has 1 amide bonds. The smallest absolute Gasteiger partial charge is 0.227 e. The predicted octanol–water partition coefficient (Wildman–Crippen LogP) is 0.804. The van der Waals surface area contributed by atoms with Gasteiger partial charge in [-0.2, -0.15) is 5.26 Å². The van der Waals surface area contributed by atoms with Crippen molar-refractivity contribution in [3.05, 3.63) is 27.3 Å². The van der Waals surface area contributed by atoms with E-state index in [4.69, 9.17) is 10.4 Å². The molecule has 0 saturated carbocycles. The van der Waals surface area contributed by atoms with Gasteiger partial charge in [-0.15, -0.1) is 0 Å². The molecule has 1 aromatic carbocycles. The van der Waals surface area contributed by atoms with Gasteiger partial charge in [-0.25, -0.2) is 13.6 Å². The lowest BCUT2D eigenvalue weighted by Gasteiger charge is -2.18. The first kappa shape index (κ1) is 15.2. The van der Waals surface area contributed by atoms with E-state index < -0.39 is 10.0 Å². The molecule has 1 unspecified atom stereocenters. The Morgan fingerprint density at radius 1 is 1.50 bits per heavy atom. The standard InChI is InChI=1S/C12H12IN3O3S/c13-10-3-8(5-14)1-2-11(10)16-6-9(4-12(16)17)7-20(15,18)19/h1-3,9H,4,6-7H2,(H2,15,18,19). The second-order valence-electron chi connectivity index (χ2n) is 4.68. The van der Waals surface area contributed by atoms with Crippen LogP contribution in [0.4, 0.5) is 5.69 Å². The van der Waals surface area contributed by atoms with Gasteiger partial charge in [0.15, 0.2) is 0 Å². The highest BCUT2D eigenvalue weighted by molar-refractivity contribution is 14.1. The maximum Gasteiger partial charge on any atom is 0.227 e. The Bertz CT molecular complexity index is 696. The van der Waals surface area contributed by atoms with Gasteiger partial charge < -0.3 is 4.90 Å². The monoisotopic (exact) mass is 405 g/mol. The number of primary sulfonamides is 1. The SMILES string of the molecule is N#Cc1ccc(N2CC(CS(N)(=O)=O)CC2=O)c(I)c1. The fourth-order valence-corrected chi connectivity index (χ4v) is 3.94. The van der Waals surface area contributed by atoms with Gasteiger partial charge in [0.2, 0.25) is 15.9 Å². The maximum absolute atomic E-state index is 12.0. The van der Waals surface area contributed by atoms with Gasteiger partial charge in [-0.05, 0) is 40.8 Å². The Hall–Kier alpha value is -1.18. The summed E-state index contributed by atoms with van der Waals surface area (Å²) in [4.78, 5) is 13.6. The van der Waals surface area contributed by atoms with Crippen LogP contribution in [0.15, 0.2) is 18.2 Å². The van der Waals surface area contributed by atoms with E-state index in [-0.39, 0.29) is 24.0 Å². The lowest BCUT2D eigenvalue weighted by atomic mass is 10.1. The number of anilines is 1. The van der Waals surface area contributed by atoms with E-state index in [1.807, 2.05) is 6.07 Å². The number of hydrogen-bond donors (Lipinski definition) is 1. The summed E-state index contributed by atoms with van der Waals surface area (Å²) in [6, 6.07) is 7.07. The average Bonchev–Trinajstić information content (AvgIpc) is 2.67. The Kier molecular flexibility index (Phi) is 4.31. The van der Waals surface area contributed by atoms with E-state index in [2.05, 4.69) is 22.6 Å².